The van der Waals surface area contributed by atoms with Crippen LogP contribution < -0.4 is 9.64 Å². The standard InChI is InChI=1S/C21H22N4O4S/c1-28-15-4-5-18-16(11-15)22-21(30-18)25-12-14(13-25)19(26)23-6-8-24(9-7-23)20(27)17-3-2-10-29-17/h2-5,10-11,14H,6-9,12-13H2,1H3. The van der Waals surface area contributed by atoms with Gasteiger partial charge in [0, 0.05) is 45.3 Å². The van der Waals surface area contributed by atoms with Gasteiger partial charge in [0.05, 0.1) is 29.5 Å². The lowest BCUT2D eigenvalue weighted by atomic mass is 9.99. The fourth-order valence-electron chi connectivity index (χ4n) is 3.89. The van der Waals surface area contributed by atoms with Gasteiger partial charge in [-0.1, -0.05) is 11.3 Å². The Labute approximate surface area is 177 Å². The molecule has 2 aliphatic rings. The summed E-state index contributed by atoms with van der Waals surface area (Å²) in [6.07, 6.45) is 1.50. The number of ether oxygens (including phenoxy) is 1. The molecule has 0 atom stereocenters. The first kappa shape index (κ1) is 18.9. The number of hydrogen-bond acceptors (Lipinski definition) is 7. The Balaban J connectivity index is 1.15. The fraction of sp³-hybridized carbons (Fsp3) is 0.381. The molecule has 8 nitrogen and oxygen atoms in total. The molecule has 0 unspecified atom stereocenters. The average Bonchev–Trinajstić information content (AvgIpc) is 3.41. The topological polar surface area (TPSA) is 79.1 Å². The van der Waals surface area contributed by atoms with E-state index in [2.05, 4.69) is 9.88 Å². The van der Waals surface area contributed by atoms with Gasteiger partial charge in [0.1, 0.15) is 5.75 Å². The average molecular weight is 426 g/mol. The second-order valence-corrected chi connectivity index (χ2v) is 8.54. The predicted octanol–water partition coefficient (Wildman–Crippen LogP) is 2.32. The molecule has 4 heterocycles. The number of methoxy groups -OCH3 is 1. The van der Waals surface area contributed by atoms with Crippen LogP contribution in [0.2, 0.25) is 0 Å². The molecule has 0 spiro atoms. The lowest BCUT2D eigenvalue weighted by Crippen LogP contribution is -2.58. The summed E-state index contributed by atoms with van der Waals surface area (Å²) >= 11 is 1.63. The zero-order chi connectivity index (χ0) is 20.7. The molecule has 2 fully saturated rings. The Hall–Kier alpha value is -3.07. The van der Waals surface area contributed by atoms with Gasteiger partial charge in [-0.25, -0.2) is 4.98 Å². The Morgan fingerprint density at radius 1 is 1.13 bits per heavy atom. The van der Waals surface area contributed by atoms with Gasteiger partial charge >= 0.3 is 0 Å². The van der Waals surface area contributed by atoms with E-state index in [0.29, 0.717) is 45.0 Å². The van der Waals surface area contributed by atoms with Gasteiger partial charge in [-0.05, 0) is 24.3 Å². The van der Waals surface area contributed by atoms with Crippen LogP contribution in [0, 0.1) is 5.92 Å². The number of amides is 2. The van der Waals surface area contributed by atoms with Crippen LogP contribution in [0.5, 0.6) is 5.75 Å². The lowest BCUT2D eigenvalue weighted by molar-refractivity contribution is -0.137. The van der Waals surface area contributed by atoms with Crippen LogP contribution in [-0.2, 0) is 4.79 Å². The van der Waals surface area contributed by atoms with Crippen LogP contribution in [0.3, 0.4) is 0 Å². The van der Waals surface area contributed by atoms with Crippen LogP contribution in [0.4, 0.5) is 5.13 Å². The summed E-state index contributed by atoms with van der Waals surface area (Å²) in [6, 6.07) is 9.25. The highest BCUT2D eigenvalue weighted by atomic mass is 32.1. The zero-order valence-corrected chi connectivity index (χ0v) is 17.4. The molecule has 0 bridgehead atoms. The molecule has 0 N–H and O–H groups in total. The molecule has 1 aromatic carbocycles. The van der Waals surface area contributed by atoms with E-state index in [1.54, 1.807) is 35.5 Å². The van der Waals surface area contributed by atoms with Gasteiger partial charge in [0.25, 0.3) is 5.91 Å². The van der Waals surface area contributed by atoms with Crippen LogP contribution in [0.15, 0.2) is 41.0 Å². The molecular weight excluding hydrogens is 404 g/mol. The highest BCUT2D eigenvalue weighted by Crippen LogP contribution is 2.34. The summed E-state index contributed by atoms with van der Waals surface area (Å²) in [5.74, 6) is 1.17. The van der Waals surface area contributed by atoms with Crippen molar-refractivity contribution in [2.24, 2.45) is 5.92 Å². The molecule has 0 radical (unpaired) electrons. The molecule has 0 saturated carbocycles. The van der Waals surface area contributed by atoms with Crippen molar-refractivity contribution >= 4 is 38.5 Å². The number of benzene rings is 1. The van der Waals surface area contributed by atoms with Crippen molar-refractivity contribution in [3.63, 3.8) is 0 Å². The van der Waals surface area contributed by atoms with E-state index in [4.69, 9.17) is 9.15 Å². The minimum Gasteiger partial charge on any atom is -0.497 e. The molecule has 0 aliphatic carbocycles. The Morgan fingerprint density at radius 3 is 2.60 bits per heavy atom. The third-order valence-electron chi connectivity index (χ3n) is 5.70. The van der Waals surface area contributed by atoms with Crippen molar-refractivity contribution in [1.82, 2.24) is 14.8 Å². The number of hydrogen-bond donors (Lipinski definition) is 0. The molecule has 2 aliphatic heterocycles. The third-order valence-corrected chi connectivity index (χ3v) is 6.79. The lowest BCUT2D eigenvalue weighted by Gasteiger charge is -2.42. The largest absolute Gasteiger partial charge is 0.497 e. The minimum atomic E-state index is -0.116. The molecule has 3 aromatic rings. The van der Waals surface area contributed by atoms with Crippen LogP contribution in [-0.4, -0.2) is 73.0 Å². The molecule has 5 rings (SSSR count). The highest BCUT2D eigenvalue weighted by molar-refractivity contribution is 7.22. The van der Waals surface area contributed by atoms with E-state index >= 15 is 0 Å². The van der Waals surface area contributed by atoms with Crippen LogP contribution in [0.25, 0.3) is 10.2 Å². The SMILES string of the molecule is COc1ccc2sc(N3CC(C(=O)N4CCN(C(=O)c5ccco5)CC4)C3)nc2c1. The van der Waals surface area contributed by atoms with E-state index in [9.17, 15) is 9.59 Å². The van der Waals surface area contributed by atoms with Crippen molar-refractivity contribution < 1.29 is 18.7 Å². The van der Waals surface area contributed by atoms with Gasteiger partial charge in [-0.15, -0.1) is 0 Å². The number of furan rings is 1. The first-order valence-electron chi connectivity index (χ1n) is 9.93. The molecular formula is C21H22N4O4S. The Morgan fingerprint density at radius 2 is 1.90 bits per heavy atom. The number of thiazole rings is 1. The summed E-state index contributed by atoms with van der Waals surface area (Å²) in [5, 5.41) is 0.941. The van der Waals surface area contributed by atoms with E-state index in [-0.39, 0.29) is 17.7 Å². The van der Waals surface area contributed by atoms with Gasteiger partial charge in [0.2, 0.25) is 5.91 Å². The van der Waals surface area contributed by atoms with Crippen molar-refractivity contribution in [3.8, 4) is 5.75 Å². The normalized spacial score (nSPS) is 17.3. The number of anilines is 1. The number of piperazine rings is 1. The van der Waals surface area contributed by atoms with E-state index in [1.165, 1.54) is 6.26 Å². The zero-order valence-electron chi connectivity index (χ0n) is 16.6. The minimum absolute atomic E-state index is 0.0149. The van der Waals surface area contributed by atoms with Crippen LogP contribution >= 0.6 is 11.3 Å². The second kappa shape index (κ2) is 7.64. The van der Waals surface area contributed by atoms with Gasteiger partial charge < -0.3 is 23.9 Å². The maximum absolute atomic E-state index is 12.9. The number of fused-ring (bicyclic) bond motifs is 1. The Kier molecular flexibility index (Phi) is 4.82. The maximum atomic E-state index is 12.9. The summed E-state index contributed by atoms with van der Waals surface area (Å²) < 4.78 is 11.6. The van der Waals surface area contributed by atoms with E-state index in [0.717, 1.165) is 21.1 Å². The monoisotopic (exact) mass is 426 g/mol. The summed E-state index contributed by atoms with van der Waals surface area (Å²) in [6.45, 7) is 3.54. The van der Waals surface area contributed by atoms with Crippen molar-refractivity contribution in [2.75, 3.05) is 51.3 Å². The molecule has 9 heteroatoms. The highest BCUT2D eigenvalue weighted by Gasteiger charge is 2.38. The smallest absolute Gasteiger partial charge is 0.289 e. The van der Waals surface area contributed by atoms with Crippen molar-refractivity contribution in [1.29, 1.82) is 0 Å². The number of carbonyl (C=O) groups is 2. The fourth-order valence-corrected chi connectivity index (χ4v) is 4.86. The third kappa shape index (κ3) is 3.39. The first-order valence-corrected chi connectivity index (χ1v) is 10.7. The quantitative estimate of drug-likeness (QED) is 0.637. The molecule has 2 aromatic heterocycles. The number of nitrogens with zero attached hydrogens (tertiary/aromatic N) is 4. The van der Waals surface area contributed by atoms with Crippen molar-refractivity contribution in [3.05, 3.63) is 42.4 Å². The van der Waals surface area contributed by atoms with E-state index in [1.807, 2.05) is 23.1 Å². The van der Waals surface area contributed by atoms with Crippen LogP contribution in [0.1, 0.15) is 10.6 Å². The van der Waals surface area contributed by atoms with Gasteiger partial charge in [-0.2, -0.15) is 0 Å². The summed E-state index contributed by atoms with van der Waals surface area (Å²) in [7, 11) is 1.65. The number of aromatic nitrogens is 1. The molecule has 2 saturated heterocycles. The second-order valence-electron chi connectivity index (χ2n) is 7.53. The number of carbonyl (C=O) groups excluding carboxylic acids is 2. The van der Waals surface area contributed by atoms with Gasteiger partial charge in [0.15, 0.2) is 10.9 Å². The van der Waals surface area contributed by atoms with E-state index < -0.39 is 0 Å². The molecule has 156 valence electrons. The molecule has 2 amide bonds. The first-order chi connectivity index (χ1) is 14.6. The summed E-state index contributed by atoms with van der Waals surface area (Å²) in [5.41, 5.74) is 0.918. The maximum Gasteiger partial charge on any atom is 0.289 e. The number of rotatable bonds is 4. The predicted molar refractivity (Wildman–Crippen MR) is 113 cm³/mol. The van der Waals surface area contributed by atoms with Gasteiger partial charge in [-0.3, -0.25) is 9.59 Å². The molecule has 30 heavy (non-hydrogen) atoms. The summed E-state index contributed by atoms with van der Waals surface area (Å²) in [4.78, 5) is 35.7. The van der Waals surface area contributed by atoms with Crippen molar-refractivity contribution in [2.45, 2.75) is 0 Å². The Bertz CT molecular complexity index is 1070.